The van der Waals surface area contributed by atoms with Crippen molar-refractivity contribution >= 4 is 58.3 Å². The monoisotopic (exact) mass is 316 g/mol. The number of hydrogen-bond donors (Lipinski definition) is 2. The number of rotatable bonds is 4. The number of thiol groups is 2. The van der Waals surface area contributed by atoms with E-state index >= 15 is 0 Å². The van der Waals surface area contributed by atoms with E-state index in [1.54, 1.807) is 0 Å². The second-order valence-electron chi connectivity index (χ2n) is 4.09. The first-order chi connectivity index (χ1) is 8.40. The third-order valence-electron chi connectivity index (χ3n) is 2.52. The predicted octanol–water partition coefficient (Wildman–Crippen LogP) is 2.98. The Morgan fingerprint density at radius 3 is 1.39 bits per heavy atom. The molecule has 98 valence electrons. The van der Waals surface area contributed by atoms with Crippen molar-refractivity contribution in [1.29, 1.82) is 0 Å². The van der Waals surface area contributed by atoms with Crippen molar-refractivity contribution in [3.05, 3.63) is 35.4 Å². The van der Waals surface area contributed by atoms with Crippen molar-refractivity contribution in [3.63, 3.8) is 0 Å². The summed E-state index contributed by atoms with van der Waals surface area (Å²) in [5, 5.41) is 0. The lowest BCUT2D eigenvalue weighted by Crippen LogP contribution is -2.21. The summed E-state index contributed by atoms with van der Waals surface area (Å²) in [6.07, 6.45) is 0. The fourth-order valence-electron chi connectivity index (χ4n) is 1.43. The lowest BCUT2D eigenvalue weighted by atomic mass is 10.1. The fraction of sp³-hybridized carbons (Fsp3) is 0.333. The van der Waals surface area contributed by atoms with Crippen molar-refractivity contribution in [3.8, 4) is 0 Å². The molecule has 0 spiro atoms. The van der Waals surface area contributed by atoms with Crippen LogP contribution in [0.4, 0.5) is 0 Å². The van der Waals surface area contributed by atoms with Gasteiger partial charge in [0.15, 0.2) is 0 Å². The third-order valence-corrected chi connectivity index (χ3v) is 3.82. The normalized spacial score (nSPS) is 10.0. The molecule has 0 bridgehead atoms. The van der Waals surface area contributed by atoms with Gasteiger partial charge in [-0.2, -0.15) is 0 Å². The van der Waals surface area contributed by atoms with Gasteiger partial charge in [-0.25, -0.2) is 0 Å². The molecule has 1 rings (SSSR count). The fourth-order valence-corrected chi connectivity index (χ4v) is 1.70. The van der Waals surface area contributed by atoms with E-state index in [1.807, 2.05) is 23.9 Å². The zero-order valence-corrected chi connectivity index (χ0v) is 13.8. The first kappa shape index (κ1) is 15.8. The average molecular weight is 317 g/mol. The molecule has 0 radical (unpaired) electrons. The summed E-state index contributed by atoms with van der Waals surface area (Å²) in [6, 6.07) is 8.36. The van der Waals surface area contributed by atoms with Crippen LogP contribution in [-0.2, 0) is 13.1 Å². The first-order valence-electron chi connectivity index (χ1n) is 5.36. The van der Waals surface area contributed by atoms with Crippen molar-refractivity contribution < 1.29 is 0 Å². The van der Waals surface area contributed by atoms with Gasteiger partial charge in [0.1, 0.15) is 8.64 Å². The molecule has 0 fully saturated rings. The van der Waals surface area contributed by atoms with Gasteiger partial charge >= 0.3 is 0 Å². The van der Waals surface area contributed by atoms with E-state index in [2.05, 4.69) is 49.5 Å². The summed E-state index contributed by atoms with van der Waals surface area (Å²) < 4.78 is 1.19. The molecule has 0 aromatic heterocycles. The maximum absolute atomic E-state index is 4.99. The minimum absolute atomic E-state index is 0.597. The minimum Gasteiger partial charge on any atom is -0.356 e. The largest absolute Gasteiger partial charge is 0.356 e. The molecule has 0 unspecified atom stereocenters. The Balaban J connectivity index is 2.63. The van der Waals surface area contributed by atoms with Crippen molar-refractivity contribution in [1.82, 2.24) is 9.80 Å². The standard InChI is InChI=1S/C12H16N2S4/c1-13(11(15)16)7-9-3-5-10(6-4-9)8-14(2)12(17)18/h3-6H,7-8H2,1-2H3,(H,15,16)(H,17,18). The second kappa shape index (κ2) is 7.33. The molecule has 0 N–H and O–H groups in total. The highest BCUT2D eigenvalue weighted by molar-refractivity contribution is 8.11. The van der Waals surface area contributed by atoms with E-state index in [0.29, 0.717) is 8.64 Å². The molecule has 0 aliphatic rings. The van der Waals surface area contributed by atoms with E-state index in [9.17, 15) is 0 Å². The number of benzene rings is 1. The summed E-state index contributed by atoms with van der Waals surface area (Å²) in [5.74, 6) is 0. The zero-order valence-electron chi connectivity index (χ0n) is 10.3. The summed E-state index contributed by atoms with van der Waals surface area (Å²) >= 11 is 18.3. The minimum atomic E-state index is 0.597. The molecule has 0 aliphatic carbocycles. The molecule has 0 heterocycles. The number of thiocarbonyl (C=S) groups is 2. The van der Waals surface area contributed by atoms with Crippen LogP contribution >= 0.6 is 49.7 Å². The van der Waals surface area contributed by atoms with Crippen LogP contribution in [-0.4, -0.2) is 32.5 Å². The van der Waals surface area contributed by atoms with Gasteiger partial charge < -0.3 is 9.80 Å². The van der Waals surface area contributed by atoms with Gasteiger partial charge in [0.05, 0.1) is 0 Å². The van der Waals surface area contributed by atoms with E-state index in [4.69, 9.17) is 24.4 Å². The lowest BCUT2D eigenvalue weighted by molar-refractivity contribution is 0.514. The molecular weight excluding hydrogens is 300 g/mol. The van der Waals surface area contributed by atoms with Gasteiger partial charge in [-0.3, -0.25) is 0 Å². The topological polar surface area (TPSA) is 6.48 Å². The van der Waals surface area contributed by atoms with E-state index < -0.39 is 0 Å². The first-order valence-corrected chi connectivity index (χ1v) is 7.07. The molecule has 0 atom stereocenters. The van der Waals surface area contributed by atoms with Gasteiger partial charge in [0.25, 0.3) is 0 Å². The Morgan fingerprint density at radius 1 is 0.889 bits per heavy atom. The molecule has 1 aromatic rings. The van der Waals surface area contributed by atoms with Gasteiger partial charge in [-0.15, -0.1) is 25.3 Å². The average Bonchev–Trinajstić information content (AvgIpc) is 2.31. The van der Waals surface area contributed by atoms with Crippen LogP contribution in [0.1, 0.15) is 11.1 Å². The van der Waals surface area contributed by atoms with Gasteiger partial charge in [-0.1, -0.05) is 48.7 Å². The maximum atomic E-state index is 4.99. The van der Waals surface area contributed by atoms with E-state index in [0.717, 1.165) is 13.1 Å². The molecule has 18 heavy (non-hydrogen) atoms. The van der Waals surface area contributed by atoms with Crippen molar-refractivity contribution in [2.24, 2.45) is 0 Å². The van der Waals surface area contributed by atoms with Crippen LogP contribution in [0.25, 0.3) is 0 Å². The van der Waals surface area contributed by atoms with E-state index in [1.165, 1.54) is 11.1 Å². The Kier molecular flexibility index (Phi) is 6.42. The number of hydrogen-bond acceptors (Lipinski definition) is 2. The lowest BCUT2D eigenvalue weighted by Gasteiger charge is -2.18. The Hall–Kier alpha value is -0.300. The highest BCUT2D eigenvalue weighted by Crippen LogP contribution is 2.10. The molecule has 0 aliphatic heterocycles. The van der Waals surface area contributed by atoms with Crippen molar-refractivity contribution in [2.45, 2.75) is 13.1 Å². The number of nitrogens with zero attached hydrogens (tertiary/aromatic N) is 2. The maximum Gasteiger partial charge on any atom is 0.133 e. The predicted molar refractivity (Wildman–Crippen MR) is 92.5 cm³/mol. The molecule has 0 saturated heterocycles. The smallest absolute Gasteiger partial charge is 0.133 e. The van der Waals surface area contributed by atoms with Gasteiger partial charge in [0.2, 0.25) is 0 Å². The molecule has 0 saturated carbocycles. The molecule has 0 amide bonds. The Labute approximate surface area is 130 Å². The summed E-state index contributed by atoms with van der Waals surface area (Å²) in [7, 11) is 3.85. The van der Waals surface area contributed by atoms with E-state index in [-0.39, 0.29) is 0 Å². The van der Waals surface area contributed by atoms with Crippen LogP contribution < -0.4 is 0 Å². The molecule has 6 heteroatoms. The highest BCUT2D eigenvalue weighted by Gasteiger charge is 2.03. The SMILES string of the molecule is CN(Cc1ccc(CN(C)C(=S)S)cc1)C(=S)S. The summed E-state index contributed by atoms with van der Waals surface area (Å²) in [6.45, 7) is 1.53. The van der Waals surface area contributed by atoms with Crippen LogP contribution in [0.5, 0.6) is 0 Å². The Bertz CT molecular complexity index is 389. The zero-order chi connectivity index (χ0) is 13.7. The van der Waals surface area contributed by atoms with Gasteiger partial charge in [0, 0.05) is 27.2 Å². The summed E-state index contributed by atoms with van der Waals surface area (Å²) in [5.41, 5.74) is 2.41. The van der Waals surface area contributed by atoms with Crippen LogP contribution in [0.2, 0.25) is 0 Å². The van der Waals surface area contributed by atoms with Gasteiger partial charge in [-0.05, 0) is 11.1 Å². The Morgan fingerprint density at radius 2 is 1.17 bits per heavy atom. The summed E-state index contributed by atoms with van der Waals surface area (Å²) in [4.78, 5) is 3.84. The quantitative estimate of drug-likeness (QED) is 0.651. The highest BCUT2D eigenvalue weighted by atomic mass is 32.1. The second-order valence-corrected chi connectivity index (χ2v) is 6.32. The molecular formula is C12H16N2S4. The molecule has 2 nitrogen and oxygen atoms in total. The third kappa shape index (κ3) is 5.14. The van der Waals surface area contributed by atoms with Crippen LogP contribution in [0.15, 0.2) is 24.3 Å². The van der Waals surface area contributed by atoms with Crippen LogP contribution in [0, 0.1) is 0 Å². The van der Waals surface area contributed by atoms with Crippen LogP contribution in [0.3, 0.4) is 0 Å². The molecule has 1 aromatic carbocycles. The van der Waals surface area contributed by atoms with Crippen molar-refractivity contribution in [2.75, 3.05) is 14.1 Å².